The normalized spacial score (nSPS) is 21.5. The first-order valence-corrected chi connectivity index (χ1v) is 6.39. The summed E-state index contributed by atoms with van der Waals surface area (Å²) in [6.07, 6.45) is 13.4. The Labute approximate surface area is 85.1 Å². The van der Waals surface area contributed by atoms with Crippen molar-refractivity contribution in [2.24, 2.45) is 5.92 Å². The molecule has 0 spiro atoms. The molecule has 0 unspecified atom stereocenters. The molecule has 0 radical (unpaired) electrons. The maximum atomic E-state index is 2.36. The summed E-state index contributed by atoms with van der Waals surface area (Å²) < 4.78 is 0. The molecule has 2 fully saturated rings. The quantitative estimate of drug-likeness (QED) is 0.487. The second kappa shape index (κ2) is 10.1. The van der Waals surface area contributed by atoms with Crippen molar-refractivity contribution in [2.75, 3.05) is 0 Å². The second-order valence-electron chi connectivity index (χ2n) is 4.16. The maximum Gasteiger partial charge on any atom is -0.0443 e. The molecule has 0 saturated heterocycles. The van der Waals surface area contributed by atoms with Crippen LogP contribution in [0.25, 0.3) is 0 Å². The Kier molecular flexibility index (Phi) is 10.1. The second-order valence-corrected chi connectivity index (χ2v) is 4.16. The molecule has 2 rings (SSSR count). The molecule has 2 aliphatic carbocycles. The molecular weight excluding hydrogens is 156 g/mol. The highest BCUT2D eigenvalue weighted by atomic mass is 14.1. The Balaban J connectivity index is 0.000000204. The summed E-state index contributed by atoms with van der Waals surface area (Å²) in [6, 6.07) is 0. The highest BCUT2D eigenvalue weighted by Crippen LogP contribution is 2.22. The number of hydrogen-bond donors (Lipinski definition) is 0. The lowest BCUT2D eigenvalue weighted by molar-refractivity contribution is 0.385. The molecular formula is C13H28. The van der Waals surface area contributed by atoms with Crippen LogP contribution in [-0.2, 0) is 0 Å². The first kappa shape index (κ1) is 13.0. The minimum atomic E-state index is 1.04. The summed E-state index contributed by atoms with van der Waals surface area (Å²) in [6.45, 7) is 6.36. The van der Waals surface area contributed by atoms with Gasteiger partial charge in [0.15, 0.2) is 0 Å². The van der Waals surface area contributed by atoms with Crippen molar-refractivity contribution in [2.45, 2.75) is 78.6 Å². The van der Waals surface area contributed by atoms with Gasteiger partial charge in [-0.3, -0.25) is 0 Å². The van der Waals surface area contributed by atoms with Crippen LogP contribution >= 0.6 is 0 Å². The van der Waals surface area contributed by atoms with E-state index in [9.17, 15) is 0 Å². The van der Waals surface area contributed by atoms with E-state index in [2.05, 4.69) is 6.92 Å². The van der Waals surface area contributed by atoms with Gasteiger partial charge in [-0.15, -0.1) is 0 Å². The smallest absolute Gasteiger partial charge is 0.0443 e. The van der Waals surface area contributed by atoms with Crippen LogP contribution in [0, 0.1) is 5.92 Å². The molecule has 80 valence electrons. The van der Waals surface area contributed by atoms with Crippen molar-refractivity contribution >= 4 is 0 Å². The van der Waals surface area contributed by atoms with Crippen LogP contribution in [-0.4, -0.2) is 0 Å². The molecule has 0 amide bonds. The van der Waals surface area contributed by atoms with Crippen molar-refractivity contribution in [1.29, 1.82) is 0 Å². The fourth-order valence-corrected chi connectivity index (χ4v) is 1.56. The Morgan fingerprint density at radius 3 is 1.08 bits per heavy atom. The van der Waals surface area contributed by atoms with Crippen molar-refractivity contribution in [3.05, 3.63) is 0 Å². The Morgan fingerprint density at radius 2 is 0.923 bits per heavy atom. The van der Waals surface area contributed by atoms with Gasteiger partial charge >= 0.3 is 0 Å². The summed E-state index contributed by atoms with van der Waals surface area (Å²) in [5, 5.41) is 0. The Morgan fingerprint density at radius 1 is 0.615 bits per heavy atom. The molecule has 0 atom stereocenters. The van der Waals surface area contributed by atoms with Crippen molar-refractivity contribution in [3.63, 3.8) is 0 Å². The molecule has 0 nitrogen and oxygen atoms in total. The van der Waals surface area contributed by atoms with E-state index < -0.39 is 0 Å². The van der Waals surface area contributed by atoms with Gasteiger partial charge in [-0.1, -0.05) is 78.6 Å². The molecule has 0 heteroatoms. The van der Waals surface area contributed by atoms with Crippen molar-refractivity contribution in [3.8, 4) is 0 Å². The van der Waals surface area contributed by atoms with Crippen LogP contribution in [0.5, 0.6) is 0 Å². The molecule has 0 N–H and O–H groups in total. The van der Waals surface area contributed by atoms with E-state index in [1.54, 1.807) is 0 Å². The monoisotopic (exact) mass is 184 g/mol. The average Bonchev–Trinajstić information content (AvgIpc) is 2.06. The van der Waals surface area contributed by atoms with Crippen LogP contribution in [0.1, 0.15) is 78.6 Å². The fourth-order valence-electron chi connectivity index (χ4n) is 1.56. The Bertz CT molecular complexity index is 72.0. The average molecular weight is 184 g/mol. The third-order valence-corrected chi connectivity index (χ3v) is 2.89. The van der Waals surface area contributed by atoms with E-state index in [4.69, 9.17) is 0 Å². The van der Waals surface area contributed by atoms with E-state index in [0.29, 0.717) is 0 Å². The summed E-state index contributed by atoms with van der Waals surface area (Å²) in [4.78, 5) is 0. The lowest BCUT2D eigenvalue weighted by Crippen LogP contribution is -1.99. The highest BCUT2D eigenvalue weighted by molar-refractivity contribution is 4.59. The zero-order valence-corrected chi connectivity index (χ0v) is 9.94. The molecule has 0 aromatic rings. The van der Waals surface area contributed by atoms with Gasteiger partial charge in [0.25, 0.3) is 0 Å². The van der Waals surface area contributed by atoms with Crippen LogP contribution in [0.3, 0.4) is 0 Å². The van der Waals surface area contributed by atoms with Gasteiger partial charge < -0.3 is 0 Å². The molecule has 0 aromatic heterocycles. The summed E-state index contributed by atoms with van der Waals surface area (Å²) in [5.41, 5.74) is 0. The topological polar surface area (TPSA) is 0 Å². The standard InChI is InChI=1S/C7H14.C4H8.C2H6/c1-7-5-3-2-4-6-7;1-2-4-3-1;1-2/h7H,2-6H2,1H3;1-4H2;1-2H3. The van der Waals surface area contributed by atoms with Gasteiger partial charge in [0.2, 0.25) is 0 Å². The number of rotatable bonds is 0. The van der Waals surface area contributed by atoms with Crippen LogP contribution in [0.15, 0.2) is 0 Å². The molecule has 0 bridgehead atoms. The first-order valence-electron chi connectivity index (χ1n) is 6.39. The van der Waals surface area contributed by atoms with Gasteiger partial charge in [-0.25, -0.2) is 0 Å². The first-order chi connectivity index (χ1) is 6.39. The molecule has 2 saturated carbocycles. The predicted octanol–water partition coefficient (Wildman–Crippen LogP) is 5.17. The zero-order valence-electron chi connectivity index (χ0n) is 9.94. The largest absolute Gasteiger partial charge is 0.0683 e. The van der Waals surface area contributed by atoms with E-state index >= 15 is 0 Å². The predicted molar refractivity (Wildman–Crippen MR) is 62.1 cm³/mol. The third-order valence-electron chi connectivity index (χ3n) is 2.89. The van der Waals surface area contributed by atoms with Crippen LogP contribution < -0.4 is 0 Å². The summed E-state index contributed by atoms with van der Waals surface area (Å²) in [7, 11) is 0. The minimum Gasteiger partial charge on any atom is -0.0683 e. The SMILES string of the molecule is C1CCC1.CC.CC1CCCCC1. The minimum absolute atomic E-state index is 1.04. The van der Waals surface area contributed by atoms with Gasteiger partial charge in [0.1, 0.15) is 0 Å². The lowest BCUT2D eigenvalue weighted by Gasteiger charge is -2.15. The molecule has 0 aliphatic heterocycles. The van der Waals surface area contributed by atoms with Crippen molar-refractivity contribution in [1.82, 2.24) is 0 Å². The molecule has 2 aliphatic rings. The van der Waals surface area contributed by atoms with Gasteiger partial charge in [-0.05, 0) is 5.92 Å². The number of hydrogen-bond acceptors (Lipinski definition) is 0. The lowest BCUT2D eigenvalue weighted by atomic mass is 9.91. The zero-order chi connectivity index (χ0) is 9.94. The van der Waals surface area contributed by atoms with E-state index in [1.807, 2.05) is 13.8 Å². The van der Waals surface area contributed by atoms with Crippen LogP contribution in [0.4, 0.5) is 0 Å². The highest BCUT2D eigenvalue weighted by Gasteiger charge is 2.05. The van der Waals surface area contributed by atoms with Gasteiger partial charge in [-0.2, -0.15) is 0 Å². The molecule has 0 heterocycles. The van der Waals surface area contributed by atoms with E-state index in [1.165, 1.54) is 57.8 Å². The Hall–Kier alpha value is 0. The van der Waals surface area contributed by atoms with E-state index in [-0.39, 0.29) is 0 Å². The molecule has 0 aromatic carbocycles. The fraction of sp³-hybridized carbons (Fsp3) is 1.00. The van der Waals surface area contributed by atoms with Gasteiger partial charge in [0.05, 0.1) is 0 Å². The van der Waals surface area contributed by atoms with Gasteiger partial charge in [0, 0.05) is 0 Å². The summed E-state index contributed by atoms with van der Waals surface area (Å²) in [5.74, 6) is 1.04. The third kappa shape index (κ3) is 8.33. The van der Waals surface area contributed by atoms with Crippen LogP contribution in [0.2, 0.25) is 0 Å². The molecule has 13 heavy (non-hydrogen) atoms. The summed E-state index contributed by atoms with van der Waals surface area (Å²) >= 11 is 0. The van der Waals surface area contributed by atoms with Crippen molar-refractivity contribution < 1.29 is 0 Å². The van der Waals surface area contributed by atoms with E-state index in [0.717, 1.165) is 5.92 Å². The maximum absolute atomic E-state index is 2.36.